The molecule has 2 rings (SSSR count). The Labute approximate surface area is 114 Å². The second-order valence-electron chi connectivity index (χ2n) is 5.33. The van der Waals surface area contributed by atoms with Crippen LogP contribution in [-0.4, -0.2) is 30.5 Å². The average molecular weight is 265 g/mol. The van der Waals surface area contributed by atoms with Gasteiger partial charge in [0.2, 0.25) is 0 Å². The van der Waals surface area contributed by atoms with Crippen molar-refractivity contribution in [3.05, 3.63) is 22.4 Å². The number of hydrogen-bond acceptors (Lipinski definition) is 2. The number of guanidine groups is 1. The molecule has 1 unspecified atom stereocenters. The highest BCUT2D eigenvalue weighted by Crippen LogP contribution is 2.19. The van der Waals surface area contributed by atoms with Crippen LogP contribution in [0.3, 0.4) is 0 Å². The molecule has 1 aromatic rings. The van der Waals surface area contributed by atoms with Crippen LogP contribution in [0.25, 0.3) is 0 Å². The van der Waals surface area contributed by atoms with Gasteiger partial charge in [-0.1, -0.05) is 13.8 Å². The fourth-order valence-electron chi connectivity index (χ4n) is 2.23. The predicted molar refractivity (Wildman–Crippen MR) is 79.2 cm³/mol. The molecule has 4 heteroatoms. The molecule has 2 N–H and O–H groups in total. The third-order valence-electron chi connectivity index (χ3n) is 3.75. The first kappa shape index (κ1) is 13.4. The Hall–Kier alpha value is -1.03. The highest BCUT2D eigenvalue weighted by molar-refractivity contribution is 7.07. The lowest BCUT2D eigenvalue weighted by molar-refractivity contribution is 0.277. The minimum absolute atomic E-state index is 0.457. The van der Waals surface area contributed by atoms with Crippen LogP contribution >= 0.6 is 11.3 Å². The molecule has 0 amide bonds. The molecule has 1 aliphatic heterocycles. The maximum absolute atomic E-state index is 6.07. The molecule has 1 atom stereocenters. The molecule has 18 heavy (non-hydrogen) atoms. The fraction of sp³-hybridized carbons (Fsp3) is 0.643. The van der Waals surface area contributed by atoms with E-state index in [1.54, 1.807) is 11.3 Å². The van der Waals surface area contributed by atoms with Crippen LogP contribution in [0.2, 0.25) is 0 Å². The van der Waals surface area contributed by atoms with E-state index in [2.05, 4.69) is 40.6 Å². The van der Waals surface area contributed by atoms with Crippen molar-refractivity contribution < 1.29 is 0 Å². The summed E-state index contributed by atoms with van der Waals surface area (Å²) in [7, 11) is 0. The maximum Gasteiger partial charge on any atom is 0.191 e. The summed E-state index contributed by atoms with van der Waals surface area (Å²) in [4.78, 5) is 6.78. The van der Waals surface area contributed by atoms with Gasteiger partial charge in [-0.2, -0.15) is 11.3 Å². The summed E-state index contributed by atoms with van der Waals surface area (Å²) < 4.78 is 0. The summed E-state index contributed by atoms with van der Waals surface area (Å²) in [5, 5.41) is 4.31. The van der Waals surface area contributed by atoms with Crippen molar-refractivity contribution in [2.24, 2.45) is 16.6 Å². The van der Waals surface area contributed by atoms with Gasteiger partial charge in [0, 0.05) is 25.6 Å². The quantitative estimate of drug-likeness (QED) is 0.674. The molecule has 0 spiro atoms. The van der Waals surface area contributed by atoms with Gasteiger partial charge >= 0.3 is 0 Å². The minimum atomic E-state index is 0.457. The molecule has 0 bridgehead atoms. The first-order valence-electron chi connectivity index (χ1n) is 6.73. The Morgan fingerprint density at radius 3 is 2.89 bits per heavy atom. The molecule has 0 radical (unpaired) electrons. The van der Waals surface area contributed by atoms with E-state index in [-0.39, 0.29) is 0 Å². The number of hydrogen-bond donors (Lipinski definition) is 1. The van der Waals surface area contributed by atoms with Crippen LogP contribution in [0, 0.1) is 5.92 Å². The van der Waals surface area contributed by atoms with Crippen LogP contribution in [-0.2, 0) is 0 Å². The lowest BCUT2D eigenvalue weighted by Crippen LogP contribution is -2.42. The first-order chi connectivity index (χ1) is 8.66. The summed E-state index contributed by atoms with van der Waals surface area (Å²) in [6.45, 7) is 7.42. The molecule has 0 aromatic carbocycles. The van der Waals surface area contributed by atoms with Gasteiger partial charge in [0.1, 0.15) is 0 Å². The van der Waals surface area contributed by atoms with Crippen molar-refractivity contribution >= 4 is 17.3 Å². The Morgan fingerprint density at radius 2 is 2.28 bits per heavy atom. The zero-order valence-electron chi connectivity index (χ0n) is 11.3. The van der Waals surface area contributed by atoms with E-state index < -0.39 is 0 Å². The summed E-state index contributed by atoms with van der Waals surface area (Å²) in [5.41, 5.74) is 7.44. The summed E-state index contributed by atoms with van der Waals surface area (Å²) in [6, 6.07) is 2.17. The van der Waals surface area contributed by atoms with E-state index in [1.807, 2.05) is 0 Å². The smallest absolute Gasteiger partial charge is 0.191 e. The molecule has 100 valence electrons. The molecule has 1 aliphatic rings. The lowest BCUT2D eigenvalue weighted by atomic mass is 10.00. The standard InChI is InChI=1S/C14H23N3S/c1-11-3-6-17(7-4-11)14(15)16-9-12(2)13-5-8-18-10-13/h5,8,10-12H,3-4,6-7,9H2,1-2H3,(H2,15,16). The Balaban J connectivity index is 1.85. The van der Waals surface area contributed by atoms with Gasteiger partial charge in [0.25, 0.3) is 0 Å². The van der Waals surface area contributed by atoms with E-state index in [0.717, 1.165) is 31.5 Å². The van der Waals surface area contributed by atoms with Gasteiger partial charge in [-0.15, -0.1) is 0 Å². The topological polar surface area (TPSA) is 41.6 Å². The molecule has 0 saturated carbocycles. The normalized spacial score (nSPS) is 20.1. The minimum Gasteiger partial charge on any atom is -0.370 e. The molecule has 1 saturated heterocycles. The van der Waals surface area contributed by atoms with E-state index in [1.165, 1.54) is 18.4 Å². The van der Waals surface area contributed by atoms with Crippen molar-refractivity contribution in [2.75, 3.05) is 19.6 Å². The van der Waals surface area contributed by atoms with E-state index in [0.29, 0.717) is 5.92 Å². The average Bonchev–Trinajstić information content (AvgIpc) is 2.90. The van der Waals surface area contributed by atoms with Crippen molar-refractivity contribution in [1.82, 2.24) is 4.90 Å². The number of rotatable bonds is 3. The van der Waals surface area contributed by atoms with Crippen LogP contribution in [0.15, 0.2) is 21.8 Å². The van der Waals surface area contributed by atoms with Gasteiger partial charge in [0.15, 0.2) is 5.96 Å². The van der Waals surface area contributed by atoms with E-state index in [9.17, 15) is 0 Å². The highest BCUT2D eigenvalue weighted by Gasteiger charge is 2.17. The third-order valence-corrected chi connectivity index (χ3v) is 4.45. The predicted octanol–water partition coefficient (Wildman–Crippen LogP) is 2.90. The molecule has 1 fully saturated rings. The van der Waals surface area contributed by atoms with Crippen LogP contribution in [0.4, 0.5) is 0 Å². The summed E-state index contributed by atoms with van der Waals surface area (Å²) in [5.74, 6) is 2.02. The molecular formula is C14H23N3S. The van der Waals surface area contributed by atoms with Crippen molar-refractivity contribution in [2.45, 2.75) is 32.6 Å². The number of thiophene rings is 1. The zero-order valence-corrected chi connectivity index (χ0v) is 12.1. The second kappa shape index (κ2) is 6.23. The van der Waals surface area contributed by atoms with Gasteiger partial charge in [-0.05, 0) is 41.1 Å². The van der Waals surface area contributed by atoms with E-state index >= 15 is 0 Å². The Kier molecular flexibility index (Phi) is 4.64. The number of nitrogens with two attached hydrogens (primary N) is 1. The maximum atomic E-state index is 6.07. The molecule has 1 aromatic heterocycles. The van der Waals surface area contributed by atoms with Gasteiger partial charge in [-0.25, -0.2) is 0 Å². The summed E-state index contributed by atoms with van der Waals surface area (Å²) >= 11 is 1.74. The van der Waals surface area contributed by atoms with Crippen LogP contribution in [0.5, 0.6) is 0 Å². The third kappa shape index (κ3) is 3.48. The van der Waals surface area contributed by atoms with Crippen molar-refractivity contribution in [3.8, 4) is 0 Å². The Morgan fingerprint density at radius 1 is 1.56 bits per heavy atom. The number of likely N-dealkylation sites (tertiary alicyclic amines) is 1. The molecule has 3 nitrogen and oxygen atoms in total. The molecule has 2 heterocycles. The van der Waals surface area contributed by atoms with Gasteiger partial charge in [0.05, 0.1) is 0 Å². The monoisotopic (exact) mass is 265 g/mol. The van der Waals surface area contributed by atoms with Crippen LogP contribution in [0.1, 0.15) is 38.2 Å². The zero-order chi connectivity index (χ0) is 13.0. The van der Waals surface area contributed by atoms with Crippen molar-refractivity contribution in [3.63, 3.8) is 0 Å². The first-order valence-corrected chi connectivity index (χ1v) is 7.68. The second-order valence-corrected chi connectivity index (χ2v) is 6.11. The fourth-order valence-corrected chi connectivity index (χ4v) is 3.01. The van der Waals surface area contributed by atoms with Crippen LogP contribution < -0.4 is 5.73 Å². The largest absolute Gasteiger partial charge is 0.370 e. The van der Waals surface area contributed by atoms with E-state index in [4.69, 9.17) is 5.73 Å². The molecule has 0 aliphatic carbocycles. The number of nitrogens with zero attached hydrogens (tertiary/aromatic N) is 2. The number of aliphatic imine (C=N–C) groups is 1. The summed E-state index contributed by atoms with van der Waals surface area (Å²) in [6.07, 6.45) is 2.46. The Bertz CT molecular complexity index is 378. The van der Waals surface area contributed by atoms with Gasteiger partial charge < -0.3 is 10.6 Å². The molecular weight excluding hydrogens is 242 g/mol. The SMILES string of the molecule is CC1CCN(C(N)=NCC(C)c2ccsc2)CC1. The highest BCUT2D eigenvalue weighted by atomic mass is 32.1. The number of piperidine rings is 1. The lowest BCUT2D eigenvalue weighted by Gasteiger charge is -2.31. The van der Waals surface area contributed by atoms with Gasteiger partial charge in [-0.3, -0.25) is 4.99 Å². The van der Waals surface area contributed by atoms with Crippen molar-refractivity contribution in [1.29, 1.82) is 0 Å².